The molecule has 0 saturated heterocycles. The molecule has 0 aliphatic carbocycles. The number of hydrogen-bond acceptors (Lipinski definition) is 9. The van der Waals surface area contributed by atoms with E-state index in [4.69, 9.17) is 9.47 Å². The summed E-state index contributed by atoms with van der Waals surface area (Å²) in [6, 6.07) is 14.1. The fraction of sp³-hybridized carbons (Fsp3) is 0.200. The maximum atomic E-state index is 14.7. The molecule has 0 saturated carbocycles. The quantitative estimate of drug-likeness (QED) is 0.310. The smallest absolute Gasteiger partial charge is 0.208 e. The minimum Gasteiger partial charge on any atom is -0.496 e. The molecule has 0 amide bonds. The minimum absolute atomic E-state index is 0.325. The van der Waals surface area contributed by atoms with Gasteiger partial charge >= 0.3 is 0 Å². The molecule has 0 unspecified atom stereocenters. The Labute approximate surface area is 210 Å². The van der Waals surface area contributed by atoms with Crippen LogP contribution in [0.4, 0.5) is 10.2 Å². The van der Waals surface area contributed by atoms with Gasteiger partial charge in [0, 0.05) is 30.1 Å². The van der Waals surface area contributed by atoms with Crippen molar-refractivity contribution in [2.24, 2.45) is 0 Å². The molecular weight excluding hydrogens is 477 g/mol. The lowest BCUT2D eigenvalue weighted by Gasteiger charge is -2.12. The number of methoxy groups -OCH3 is 1. The van der Waals surface area contributed by atoms with Crippen LogP contribution in [0.3, 0.4) is 0 Å². The number of ether oxygens (including phenoxy) is 2. The number of aromatic nitrogens is 7. The SMILES string of the molecule is CCOc1cc(-c2cc(NCCn3c(C#N)cc4c(OC)ccc(F)c43)ncn2)ccc1-c1nn[nH]n1. The van der Waals surface area contributed by atoms with E-state index >= 15 is 0 Å². The fourth-order valence-corrected chi connectivity index (χ4v) is 4.14. The predicted molar refractivity (Wildman–Crippen MR) is 133 cm³/mol. The lowest BCUT2D eigenvalue weighted by molar-refractivity contribution is 0.341. The van der Waals surface area contributed by atoms with E-state index in [1.54, 1.807) is 16.7 Å². The van der Waals surface area contributed by atoms with Crippen molar-refractivity contribution in [1.29, 1.82) is 5.26 Å². The molecule has 2 N–H and O–H groups in total. The molecule has 12 heteroatoms. The van der Waals surface area contributed by atoms with Gasteiger partial charge in [-0.2, -0.15) is 10.5 Å². The highest BCUT2D eigenvalue weighted by molar-refractivity contribution is 5.88. The van der Waals surface area contributed by atoms with Gasteiger partial charge in [-0.25, -0.2) is 14.4 Å². The van der Waals surface area contributed by atoms with E-state index in [9.17, 15) is 9.65 Å². The highest BCUT2D eigenvalue weighted by atomic mass is 19.1. The summed E-state index contributed by atoms with van der Waals surface area (Å²) in [6.07, 6.45) is 1.46. The standard InChI is InChI=1S/C25H22FN9O2/c1-3-37-22-10-15(4-5-17(22)25-31-33-34-32-25)20-12-23(30-14-29-20)28-8-9-35-16(13-27)11-18-21(36-2)7-6-19(26)24(18)35/h4-7,10-12,14H,3,8-9H2,1-2H3,(H,28,29,30)(H,31,32,33,34). The second kappa shape index (κ2) is 10.3. The molecule has 11 nitrogen and oxygen atoms in total. The molecule has 0 aliphatic rings. The summed E-state index contributed by atoms with van der Waals surface area (Å²) in [7, 11) is 1.51. The number of H-pyrrole nitrogens is 1. The molecule has 0 atom stereocenters. The number of nitriles is 1. The summed E-state index contributed by atoms with van der Waals surface area (Å²) in [5.74, 6) is 1.71. The van der Waals surface area contributed by atoms with Gasteiger partial charge in [0.1, 0.15) is 41.2 Å². The van der Waals surface area contributed by atoms with Crippen LogP contribution < -0.4 is 14.8 Å². The first kappa shape index (κ1) is 23.7. The van der Waals surface area contributed by atoms with Gasteiger partial charge in [-0.05, 0) is 42.5 Å². The minimum atomic E-state index is -0.420. The van der Waals surface area contributed by atoms with Gasteiger partial charge in [0.05, 0.1) is 30.5 Å². The number of fused-ring (bicyclic) bond motifs is 1. The Balaban J connectivity index is 1.37. The van der Waals surface area contributed by atoms with Crippen LogP contribution in [-0.4, -0.2) is 55.4 Å². The average Bonchev–Trinajstić information content (AvgIpc) is 3.58. The number of tetrazole rings is 1. The molecule has 0 aliphatic heterocycles. The van der Waals surface area contributed by atoms with Crippen LogP contribution >= 0.6 is 0 Å². The van der Waals surface area contributed by atoms with Gasteiger partial charge < -0.3 is 19.4 Å². The van der Waals surface area contributed by atoms with Crippen LogP contribution in [0.25, 0.3) is 33.5 Å². The number of nitrogens with zero attached hydrogens (tertiary/aromatic N) is 7. The van der Waals surface area contributed by atoms with Crippen molar-refractivity contribution in [1.82, 2.24) is 35.2 Å². The van der Waals surface area contributed by atoms with Gasteiger partial charge in [-0.15, -0.1) is 10.2 Å². The lowest BCUT2D eigenvalue weighted by atomic mass is 10.1. The zero-order valence-corrected chi connectivity index (χ0v) is 20.1. The highest BCUT2D eigenvalue weighted by Crippen LogP contribution is 2.33. The summed E-state index contributed by atoms with van der Waals surface area (Å²) in [4.78, 5) is 8.69. The summed E-state index contributed by atoms with van der Waals surface area (Å²) < 4.78 is 27.4. The molecule has 2 aromatic carbocycles. The Kier molecular flexibility index (Phi) is 6.58. The molecule has 5 rings (SSSR count). The van der Waals surface area contributed by atoms with Gasteiger partial charge in [-0.1, -0.05) is 6.07 Å². The van der Waals surface area contributed by atoms with Crippen molar-refractivity contribution in [2.75, 3.05) is 25.6 Å². The second-order valence-corrected chi connectivity index (χ2v) is 7.90. The molecule has 37 heavy (non-hydrogen) atoms. The number of hydrogen-bond donors (Lipinski definition) is 2. The van der Waals surface area contributed by atoms with Crippen LogP contribution in [0.5, 0.6) is 11.5 Å². The van der Waals surface area contributed by atoms with E-state index in [1.807, 2.05) is 31.2 Å². The molecule has 3 aromatic heterocycles. The monoisotopic (exact) mass is 499 g/mol. The topological polar surface area (TPSA) is 139 Å². The first-order valence-electron chi connectivity index (χ1n) is 11.5. The highest BCUT2D eigenvalue weighted by Gasteiger charge is 2.17. The van der Waals surface area contributed by atoms with Gasteiger partial charge in [0.2, 0.25) is 5.82 Å². The van der Waals surface area contributed by atoms with Crippen molar-refractivity contribution in [3.63, 3.8) is 0 Å². The third-order valence-corrected chi connectivity index (χ3v) is 5.78. The van der Waals surface area contributed by atoms with Crippen LogP contribution in [0, 0.1) is 17.1 Å². The van der Waals surface area contributed by atoms with Gasteiger partial charge in [0.25, 0.3) is 0 Å². The Morgan fingerprint density at radius 1 is 1.14 bits per heavy atom. The Bertz CT molecular complexity index is 1590. The van der Waals surface area contributed by atoms with Crippen molar-refractivity contribution in [3.05, 3.63) is 60.3 Å². The van der Waals surface area contributed by atoms with Crippen molar-refractivity contribution < 1.29 is 13.9 Å². The Morgan fingerprint density at radius 3 is 2.78 bits per heavy atom. The first-order valence-corrected chi connectivity index (χ1v) is 11.5. The lowest BCUT2D eigenvalue weighted by Crippen LogP contribution is -2.13. The van der Waals surface area contributed by atoms with E-state index < -0.39 is 5.82 Å². The largest absolute Gasteiger partial charge is 0.496 e. The number of anilines is 1. The maximum Gasteiger partial charge on any atom is 0.208 e. The summed E-state index contributed by atoms with van der Waals surface area (Å²) >= 11 is 0. The number of rotatable bonds is 9. The van der Waals surface area contributed by atoms with Gasteiger partial charge in [0.15, 0.2) is 0 Å². The zero-order chi connectivity index (χ0) is 25.8. The summed E-state index contributed by atoms with van der Waals surface area (Å²) in [6.45, 7) is 3.10. The van der Waals surface area contributed by atoms with E-state index in [1.165, 1.54) is 19.5 Å². The molecule has 0 fully saturated rings. The number of nitrogens with one attached hydrogen (secondary N) is 2. The third kappa shape index (κ3) is 4.62. The molecule has 5 aromatic rings. The average molecular weight is 500 g/mol. The Morgan fingerprint density at radius 2 is 2.03 bits per heavy atom. The van der Waals surface area contributed by atoms with Crippen LogP contribution in [0.2, 0.25) is 0 Å². The molecular formula is C25H22FN9O2. The van der Waals surface area contributed by atoms with E-state index in [0.717, 1.165) is 5.56 Å². The summed E-state index contributed by atoms with van der Waals surface area (Å²) in [5.41, 5.74) is 2.87. The fourth-order valence-electron chi connectivity index (χ4n) is 4.14. The second-order valence-electron chi connectivity index (χ2n) is 7.90. The first-order chi connectivity index (χ1) is 18.1. The number of halogens is 1. The van der Waals surface area contributed by atoms with Crippen molar-refractivity contribution in [2.45, 2.75) is 13.5 Å². The molecule has 0 radical (unpaired) electrons. The molecule has 186 valence electrons. The number of benzene rings is 2. The third-order valence-electron chi connectivity index (χ3n) is 5.78. The molecule has 0 bridgehead atoms. The van der Waals surface area contributed by atoms with E-state index in [2.05, 4.69) is 42.0 Å². The van der Waals surface area contributed by atoms with Crippen LogP contribution in [0.1, 0.15) is 12.6 Å². The maximum absolute atomic E-state index is 14.7. The predicted octanol–water partition coefficient (Wildman–Crippen LogP) is 3.81. The summed E-state index contributed by atoms with van der Waals surface area (Å²) in [5, 5.41) is 27.5. The molecule has 3 heterocycles. The normalized spacial score (nSPS) is 10.9. The Hall–Kier alpha value is -5.05. The van der Waals surface area contributed by atoms with Crippen molar-refractivity contribution >= 4 is 16.7 Å². The number of aromatic amines is 1. The van der Waals surface area contributed by atoms with Crippen molar-refractivity contribution in [3.8, 4) is 40.2 Å². The zero-order valence-electron chi connectivity index (χ0n) is 20.1. The van der Waals surface area contributed by atoms with E-state index in [0.29, 0.717) is 70.7 Å². The van der Waals surface area contributed by atoms with E-state index in [-0.39, 0.29) is 0 Å². The van der Waals surface area contributed by atoms with Crippen LogP contribution in [-0.2, 0) is 6.54 Å². The molecule has 0 spiro atoms. The van der Waals surface area contributed by atoms with Crippen LogP contribution in [0.15, 0.2) is 48.8 Å². The van der Waals surface area contributed by atoms with Gasteiger partial charge in [-0.3, -0.25) is 0 Å².